The minimum absolute atomic E-state index is 0.0609. The predicted octanol–water partition coefficient (Wildman–Crippen LogP) is 6.00. The molecule has 3 aromatic carbocycles. The van der Waals surface area contributed by atoms with Gasteiger partial charge in [-0.3, -0.25) is 19.7 Å². The number of benzene rings is 3. The molecule has 3 aromatic rings. The van der Waals surface area contributed by atoms with E-state index < -0.39 is 22.4 Å². The first-order chi connectivity index (χ1) is 17.4. The van der Waals surface area contributed by atoms with Crippen LogP contribution in [0.25, 0.3) is 0 Å². The van der Waals surface area contributed by atoms with Gasteiger partial charge in [-0.2, -0.15) is 0 Å². The minimum Gasteiger partial charge on any atom is -0.350 e. The molecule has 2 amide bonds. The summed E-state index contributed by atoms with van der Waals surface area (Å²) in [5.74, 6) is -0.752. The van der Waals surface area contributed by atoms with Gasteiger partial charge in [-0.05, 0) is 44.0 Å². The molecule has 0 aromatic heterocycles. The van der Waals surface area contributed by atoms with Crippen LogP contribution in [0.3, 0.4) is 0 Å². The van der Waals surface area contributed by atoms with E-state index in [4.69, 9.17) is 23.2 Å². The lowest BCUT2D eigenvalue weighted by molar-refractivity contribution is -0.385. The second-order valence-electron chi connectivity index (χ2n) is 9.78. The molecule has 194 valence electrons. The molecule has 3 rings (SSSR count). The predicted molar refractivity (Wildman–Crippen MR) is 146 cm³/mol. The van der Waals surface area contributed by atoms with Crippen LogP contribution >= 0.6 is 23.2 Å². The van der Waals surface area contributed by atoms with Gasteiger partial charge in [0.1, 0.15) is 6.04 Å². The Hall–Kier alpha value is -3.42. The number of rotatable bonds is 9. The molecule has 1 unspecified atom stereocenters. The Balaban J connectivity index is 2.05. The topological polar surface area (TPSA) is 92.6 Å². The highest BCUT2D eigenvalue weighted by Crippen LogP contribution is 2.26. The average molecular weight is 542 g/mol. The molecule has 0 saturated heterocycles. The quantitative estimate of drug-likeness (QED) is 0.265. The van der Waals surface area contributed by atoms with E-state index in [0.29, 0.717) is 15.6 Å². The van der Waals surface area contributed by atoms with E-state index in [-0.39, 0.29) is 36.5 Å². The fraction of sp³-hybridized carbons (Fsp3) is 0.286. The summed E-state index contributed by atoms with van der Waals surface area (Å²) in [5, 5.41) is 15.2. The summed E-state index contributed by atoms with van der Waals surface area (Å²) in [5.41, 5.74) is 1.12. The van der Waals surface area contributed by atoms with Gasteiger partial charge in [0.15, 0.2) is 0 Å². The molecule has 0 aliphatic heterocycles. The summed E-state index contributed by atoms with van der Waals surface area (Å²) in [6.07, 6.45) is 0.0132. The minimum atomic E-state index is -0.883. The average Bonchev–Trinajstić information content (AvgIpc) is 2.83. The second-order valence-corrected chi connectivity index (χ2v) is 10.6. The molecule has 0 aliphatic carbocycles. The largest absolute Gasteiger partial charge is 0.350 e. The third kappa shape index (κ3) is 8.03. The number of carbonyl (C=O) groups excluding carboxylic acids is 2. The van der Waals surface area contributed by atoms with Crippen LogP contribution in [0, 0.1) is 10.1 Å². The summed E-state index contributed by atoms with van der Waals surface area (Å²) < 4.78 is 0. The standard InChI is InChI=1S/C28H29Cl2N3O4/c1-28(2,3)31-27(35)25(16-19-9-5-4-6-10-19)32(18-20-13-14-22(29)23(30)15-20)26(34)17-21-11-7-8-12-24(21)33(36)37/h4-15,25H,16-18H2,1-3H3,(H,31,35). The van der Waals surface area contributed by atoms with Crippen LogP contribution in [0.1, 0.15) is 37.5 Å². The zero-order valence-electron chi connectivity index (χ0n) is 20.9. The van der Waals surface area contributed by atoms with Crippen molar-refractivity contribution in [3.05, 3.63) is 110 Å². The van der Waals surface area contributed by atoms with Gasteiger partial charge in [-0.1, -0.05) is 77.8 Å². The van der Waals surface area contributed by atoms with Crippen LogP contribution < -0.4 is 5.32 Å². The summed E-state index contributed by atoms with van der Waals surface area (Å²) >= 11 is 12.3. The van der Waals surface area contributed by atoms with Gasteiger partial charge >= 0.3 is 0 Å². The normalized spacial score (nSPS) is 12.0. The number of nitrogens with one attached hydrogen (secondary N) is 1. The van der Waals surface area contributed by atoms with Crippen molar-refractivity contribution in [3.63, 3.8) is 0 Å². The van der Waals surface area contributed by atoms with Crippen LogP contribution in [0.15, 0.2) is 72.8 Å². The lowest BCUT2D eigenvalue weighted by Crippen LogP contribution is -2.54. The summed E-state index contributed by atoms with van der Waals surface area (Å²) in [7, 11) is 0. The van der Waals surface area contributed by atoms with Crippen molar-refractivity contribution in [2.45, 2.75) is 51.7 Å². The van der Waals surface area contributed by atoms with Gasteiger partial charge < -0.3 is 10.2 Å². The van der Waals surface area contributed by atoms with E-state index in [9.17, 15) is 19.7 Å². The molecule has 0 spiro atoms. The maximum Gasteiger partial charge on any atom is 0.273 e. The van der Waals surface area contributed by atoms with Gasteiger partial charge in [0.2, 0.25) is 11.8 Å². The van der Waals surface area contributed by atoms with E-state index in [2.05, 4.69) is 5.32 Å². The SMILES string of the molecule is CC(C)(C)NC(=O)C(Cc1ccccc1)N(Cc1ccc(Cl)c(Cl)c1)C(=O)Cc1ccccc1[N+](=O)[O-]. The van der Waals surface area contributed by atoms with E-state index in [1.807, 2.05) is 51.1 Å². The Morgan fingerprint density at radius 3 is 2.22 bits per heavy atom. The third-order valence-electron chi connectivity index (χ3n) is 5.64. The van der Waals surface area contributed by atoms with Crippen LogP contribution in [0.2, 0.25) is 10.0 Å². The lowest BCUT2D eigenvalue weighted by Gasteiger charge is -2.34. The molecule has 9 heteroatoms. The maximum absolute atomic E-state index is 13.8. The smallest absolute Gasteiger partial charge is 0.273 e. The highest BCUT2D eigenvalue weighted by Gasteiger charge is 2.33. The van der Waals surface area contributed by atoms with Crippen LogP contribution in [0.4, 0.5) is 5.69 Å². The van der Waals surface area contributed by atoms with Crippen molar-refractivity contribution in [1.82, 2.24) is 10.2 Å². The molecule has 0 saturated carbocycles. The zero-order chi connectivity index (χ0) is 27.2. The van der Waals surface area contributed by atoms with E-state index in [1.54, 1.807) is 36.4 Å². The number of halogens is 2. The van der Waals surface area contributed by atoms with Crippen LogP contribution in [-0.2, 0) is 29.0 Å². The molecule has 0 radical (unpaired) electrons. The van der Waals surface area contributed by atoms with Gasteiger partial charge in [-0.25, -0.2) is 0 Å². The van der Waals surface area contributed by atoms with Crippen molar-refractivity contribution < 1.29 is 14.5 Å². The molecule has 37 heavy (non-hydrogen) atoms. The van der Waals surface area contributed by atoms with E-state index in [1.165, 1.54) is 11.0 Å². The zero-order valence-corrected chi connectivity index (χ0v) is 22.4. The molecule has 0 heterocycles. The Kier molecular flexibility index (Phi) is 9.29. The molecule has 0 aliphatic rings. The monoisotopic (exact) mass is 541 g/mol. The second kappa shape index (κ2) is 12.2. The first-order valence-corrected chi connectivity index (χ1v) is 12.5. The molecule has 1 atom stereocenters. The summed E-state index contributed by atoms with van der Waals surface area (Å²) in [6.45, 7) is 5.65. The van der Waals surface area contributed by atoms with Crippen molar-refractivity contribution in [1.29, 1.82) is 0 Å². The van der Waals surface area contributed by atoms with Gasteiger partial charge in [0, 0.05) is 30.1 Å². The number of hydrogen-bond acceptors (Lipinski definition) is 4. The first kappa shape index (κ1) is 28.2. The Morgan fingerprint density at radius 2 is 1.59 bits per heavy atom. The maximum atomic E-state index is 13.8. The number of nitro groups is 1. The molecular weight excluding hydrogens is 513 g/mol. The first-order valence-electron chi connectivity index (χ1n) is 11.8. The van der Waals surface area contributed by atoms with Crippen molar-refractivity contribution >= 4 is 40.7 Å². The number of para-hydroxylation sites is 1. The Bertz CT molecular complexity index is 1280. The van der Waals surface area contributed by atoms with Gasteiger partial charge in [-0.15, -0.1) is 0 Å². The number of nitro benzene ring substituents is 1. The number of nitrogens with zero attached hydrogens (tertiary/aromatic N) is 2. The Labute approximate surface area is 226 Å². The van der Waals surface area contributed by atoms with Crippen molar-refractivity contribution in [2.75, 3.05) is 0 Å². The Morgan fingerprint density at radius 1 is 0.946 bits per heavy atom. The summed E-state index contributed by atoms with van der Waals surface area (Å²) in [6, 6.07) is 19.6. The van der Waals surface area contributed by atoms with Gasteiger partial charge in [0.25, 0.3) is 5.69 Å². The molecule has 7 nitrogen and oxygen atoms in total. The number of hydrogen-bond donors (Lipinski definition) is 1. The fourth-order valence-corrected chi connectivity index (χ4v) is 4.27. The van der Waals surface area contributed by atoms with Crippen molar-refractivity contribution in [2.24, 2.45) is 0 Å². The molecule has 1 N–H and O–H groups in total. The third-order valence-corrected chi connectivity index (χ3v) is 6.38. The highest BCUT2D eigenvalue weighted by molar-refractivity contribution is 6.42. The lowest BCUT2D eigenvalue weighted by atomic mass is 9.99. The van der Waals surface area contributed by atoms with Gasteiger partial charge in [0.05, 0.1) is 21.4 Å². The van der Waals surface area contributed by atoms with Crippen molar-refractivity contribution in [3.8, 4) is 0 Å². The highest BCUT2D eigenvalue weighted by atomic mass is 35.5. The molecule has 0 fully saturated rings. The van der Waals surface area contributed by atoms with E-state index >= 15 is 0 Å². The molecule has 0 bridgehead atoms. The number of carbonyl (C=O) groups is 2. The number of amides is 2. The van der Waals surface area contributed by atoms with Crippen LogP contribution in [0.5, 0.6) is 0 Å². The fourth-order valence-electron chi connectivity index (χ4n) is 3.94. The molecular formula is C28H29Cl2N3O4. The van der Waals surface area contributed by atoms with Crippen LogP contribution in [-0.4, -0.2) is 33.2 Å². The van der Waals surface area contributed by atoms with E-state index in [0.717, 1.165) is 5.56 Å². The summed E-state index contributed by atoms with van der Waals surface area (Å²) in [4.78, 5) is 39.9.